The van der Waals surface area contributed by atoms with Crippen molar-refractivity contribution < 1.29 is 22.5 Å². The number of ether oxygens (including phenoxy) is 1. The van der Waals surface area contributed by atoms with Gasteiger partial charge in [0.2, 0.25) is 0 Å². The summed E-state index contributed by atoms with van der Waals surface area (Å²) in [7, 11) is -5.84. The number of aryl methyl sites for hydroxylation is 1. The number of anilines is 1. The number of sulfonamides is 1. The van der Waals surface area contributed by atoms with Crippen molar-refractivity contribution in [1.29, 1.82) is 5.26 Å². The van der Waals surface area contributed by atoms with E-state index < -0.39 is 39.6 Å². The van der Waals surface area contributed by atoms with Gasteiger partial charge in [0.25, 0.3) is 15.7 Å². The van der Waals surface area contributed by atoms with Gasteiger partial charge in [0.1, 0.15) is 12.4 Å². The predicted octanol–water partition coefficient (Wildman–Crippen LogP) is 7.45. The molecule has 0 saturated heterocycles. The topological polar surface area (TPSA) is 157 Å². The number of nitriles is 1. The van der Waals surface area contributed by atoms with Crippen molar-refractivity contribution in [2.75, 3.05) is 10.9 Å². The fourth-order valence-corrected chi connectivity index (χ4v) is 8.71. The Kier molecular flexibility index (Phi) is 9.19. The van der Waals surface area contributed by atoms with Crippen molar-refractivity contribution in [3.63, 3.8) is 0 Å². The Morgan fingerprint density at radius 3 is 2.69 bits per heavy atom. The summed E-state index contributed by atoms with van der Waals surface area (Å²) in [5, 5.41) is 27.1. The van der Waals surface area contributed by atoms with Crippen molar-refractivity contribution in [3.05, 3.63) is 100 Å². The molecule has 0 fully saturated rings. The molecule has 1 aliphatic carbocycles. The monoisotopic (exact) mass is 684 g/mol. The van der Waals surface area contributed by atoms with Gasteiger partial charge in [0.15, 0.2) is 17.0 Å². The highest BCUT2D eigenvalue weighted by atomic mass is 32.2. The largest absolute Gasteiger partial charge is 0.442 e. The van der Waals surface area contributed by atoms with Crippen LogP contribution in [0.15, 0.2) is 82.6 Å². The first-order valence-electron chi connectivity index (χ1n) is 15.8. The van der Waals surface area contributed by atoms with Crippen molar-refractivity contribution in [1.82, 2.24) is 14.8 Å². The number of hydrogen-bond donors (Lipinski definition) is 0. The molecule has 2 heterocycles. The van der Waals surface area contributed by atoms with Gasteiger partial charge < -0.3 is 9.15 Å². The number of para-hydroxylation sites is 1. The predicted molar refractivity (Wildman–Crippen MR) is 184 cm³/mol. The maximum Gasteiger partial charge on any atom is 0.289 e. The van der Waals surface area contributed by atoms with Crippen LogP contribution in [0.5, 0.6) is 0 Å². The molecule has 1 aliphatic rings. The summed E-state index contributed by atoms with van der Waals surface area (Å²) in [5.41, 5.74) is 3.08. The van der Waals surface area contributed by atoms with Gasteiger partial charge in [-0.1, -0.05) is 24.6 Å². The number of fused-ring (bicyclic) bond motifs is 2. The first kappa shape index (κ1) is 33.1. The SMILES string of the molecule is C[Si-](C)(C)CCOCn1nc(-c2cnco2)c2cc(N(C3CCCCc4cc(C#N)ccc43)S(=O)(=O)c3ccccc3[N+](=O)[O-])ccc21. The molecule has 1 atom stereocenters. The van der Waals surface area contributed by atoms with Crippen LogP contribution in [-0.2, 0) is 27.9 Å². The standard InChI is InChI=1S/C34H36N6O6SSi/c1-48(2,3)17-16-45-23-38-29-15-13-26(19-28(29)34(37-38)32-21-36-22-46-32)39(47(43,44)33-11-7-6-10-31(33)40(41)42)30-9-5-4-8-25-18-24(20-35)12-14-27(25)30/h6-7,10-15,18-19,21-22,30H,4-5,8-9,16-17,23H2,1-3H3/q-1. The van der Waals surface area contributed by atoms with Crippen molar-refractivity contribution in [2.24, 2.45) is 0 Å². The second-order valence-corrected chi connectivity index (χ2v) is 20.5. The van der Waals surface area contributed by atoms with Crippen molar-refractivity contribution in [3.8, 4) is 17.5 Å². The summed E-state index contributed by atoms with van der Waals surface area (Å²) < 4.78 is 44.3. The van der Waals surface area contributed by atoms with Gasteiger partial charge in [-0.2, -0.15) is 30.0 Å². The fraction of sp³-hybridized carbons (Fsp3) is 0.324. The molecule has 0 spiro atoms. The van der Waals surface area contributed by atoms with E-state index in [-0.39, 0.29) is 6.73 Å². The maximum atomic E-state index is 14.8. The first-order chi connectivity index (χ1) is 23.0. The van der Waals surface area contributed by atoms with Crippen LogP contribution in [0.3, 0.4) is 0 Å². The van der Waals surface area contributed by atoms with E-state index in [1.807, 2.05) is 0 Å². The zero-order chi connectivity index (χ0) is 34.1. The highest BCUT2D eigenvalue weighted by Crippen LogP contribution is 2.43. The minimum Gasteiger partial charge on any atom is -0.442 e. The Morgan fingerprint density at radius 2 is 1.96 bits per heavy atom. The molecule has 0 radical (unpaired) electrons. The highest BCUT2D eigenvalue weighted by molar-refractivity contribution is 7.93. The summed E-state index contributed by atoms with van der Waals surface area (Å²) in [5.74, 6) is 0.398. The van der Waals surface area contributed by atoms with Crippen LogP contribution in [0.1, 0.15) is 42.0 Å². The Morgan fingerprint density at radius 1 is 1.15 bits per heavy atom. The van der Waals surface area contributed by atoms with Crippen LogP contribution in [0, 0.1) is 21.4 Å². The fourth-order valence-electron chi connectivity index (χ4n) is 6.13. The Balaban J connectivity index is 1.54. The van der Waals surface area contributed by atoms with Gasteiger partial charge in [0.05, 0.1) is 40.0 Å². The molecule has 2 aromatic heterocycles. The third kappa shape index (κ3) is 6.62. The molecule has 6 rings (SSSR count). The smallest absolute Gasteiger partial charge is 0.289 e. The molecule has 5 aromatic rings. The van der Waals surface area contributed by atoms with Crippen LogP contribution in [-0.4, -0.2) is 42.8 Å². The molecule has 48 heavy (non-hydrogen) atoms. The lowest BCUT2D eigenvalue weighted by atomic mass is 9.96. The molecule has 1 unspecified atom stereocenters. The molecule has 12 nitrogen and oxygen atoms in total. The van der Waals surface area contributed by atoms with Crippen LogP contribution in [0.4, 0.5) is 11.4 Å². The first-order valence-corrected chi connectivity index (χ1v) is 20.9. The summed E-state index contributed by atoms with van der Waals surface area (Å²) in [6.07, 6.45) is 5.51. The Labute approximate surface area is 279 Å². The lowest BCUT2D eigenvalue weighted by Gasteiger charge is -2.33. The van der Waals surface area contributed by atoms with Gasteiger partial charge in [-0.15, -0.1) is 14.1 Å². The summed E-state index contributed by atoms with van der Waals surface area (Å²) in [6, 6.07) is 18.4. The van der Waals surface area contributed by atoms with E-state index in [2.05, 4.69) is 30.7 Å². The lowest BCUT2D eigenvalue weighted by molar-refractivity contribution is -0.387. The normalized spacial score (nSPS) is 15.1. The number of aromatic nitrogens is 3. The minimum absolute atomic E-state index is 0.184. The van der Waals surface area contributed by atoms with Crippen molar-refractivity contribution >= 4 is 40.4 Å². The summed E-state index contributed by atoms with van der Waals surface area (Å²) >= 11 is 0. The van der Waals surface area contributed by atoms with Crippen LogP contribution in [0.2, 0.25) is 25.7 Å². The van der Waals surface area contributed by atoms with Gasteiger partial charge in [-0.25, -0.2) is 18.1 Å². The number of nitro benzene ring substituents is 1. The van der Waals surface area contributed by atoms with Gasteiger partial charge in [-0.3, -0.25) is 14.4 Å². The maximum absolute atomic E-state index is 14.8. The van der Waals surface area contributed by atoms with Crippen LogP contribution < -0.4 is 4.31 Å². The molecule has 3 aromatic carbocycles. The van der Waals surface area contributed by atoms with E-state index in [1.165, 1.54) is 35.0 Å². The number of nitro groups is 1. The summed E-state index contributed by atoms with van der Waals surface area (Å²) in [4.78, 5) is 15.1. The second-order valence-electron chi connectivity index (χ2n) is 13.1. The van der Waals surface area contributed by atoms with Gasteiger partial charge >= 0.3 is 0 Å². The number of oxazole rings is 1. The van der Waals surface area contributed by atoms with E-state index in [4.69, 9.17) is 14.3 Å². The number of hydrogen-bond acceptors (Lipinski definition) is 9. The van der Waals surface area contributed by atoms with E-state index >= 15 is 0 Å². The second kappa shape index (κ2) is 13.3. The van der Waals surface area contributed by atoms with E-state index in [0.29, 0.717) is 59.5 Å². The lowest BCUT2D eigenvalue weighted by Crippen LogP contribution is -2.35. The summed E-state index contributed by atoms with van der Waals surface area (Å²) in [6.45, 7) is 7.61. The average molecular weight is 685 g/mol. The molecule has 249 valence electrons. The zero-order valence-electron chi connectivity index (χ0n) is 27.0. The Hall–Kier alpha value is -4.84. The number of rotatable bonds is 11. The van der Waals surface area contributed by atoms with Crippen molar-refractivity contribution in [2.45, 2.75) is 69.0 Å². The average Bonchev–Trinajstić information content (AvgIpc) is 3.67. The van der Waals surface area contributed by atoms with Crippen LogP contribution in [0.25, 0.3) is 22.4 Å². The molecule has 0 aliphatic heterocycles. The third-order valence-corrected chi connectivity index (χ3v) is 12.1. The molecule has 0 bridgehead atoms. The van der Waals surface area contributed by atoms with E-state index in [0.717, 1.165) is 23.6 Å². The number of nitrogens with zero attached hydrogens (tertiary/aromatic N) is 6. The van der Waals surface area contributed by atoms with E-state index in [9.17, 15) is 23.8 Å². The van der Waals surface area contributed by atoms with E-state index in [1.54, 1.807) is 47.3 Å². The molecule has 0 N–H and O–H groups in total. The highest BCUT2D eigenvalue weighted by Gasteiger charge is 2.38. The minimum atomic E-state index is -4.52. The zero-order valence-corrected chi connectivity index (χ0v) is 28.8. The number of benzene rings is 3. The molecule has 0 amide bonds. The molecular formula is C34H36N6O6SSi-. The van der Waals surface area contributed by atoms with Gasteiger partial charge in [-0.05, 0) is 66.8 Å². The molecule has 14 heteroatoms. The molecular weight excluding hydrogens is 649 g/mol. The molecule has 0 saturated carbocycles. The van der Waals surface area contributed by atoms with Crippen LogP contribution >= 0.6 is 0 Å². The third-order valence-electron chi connectivity index (χ3n) is 8.55. The van der Waals surface area contributed by atoms with Gasteiger partial charge in [0, 0.05) is 18.1 Å². The Bertz CT molecular complexity index is 2120. The quantitative estimate of drug-likeness (QED) is 0.0453.